The van der Waals surface area contributed by atoms with Crippen LogP contribution < -0.4 is 10.6 Å². The van der Waals surface area contributed by atoms with Gasteiger partial charge in [-0.25, -0.2) is 9.59 Å². The molecule has 1 atom stereocenters. The molecule has 0 unspecified atom stereocenters. The molecule has 0 bridgehead atoms. The van der Waals surface area contributed by atoms with Crippen LogP contribution in [0.15, 0.2) is 72.8 Å². The van der Waals surface area contributed by atoms with Crippen LogP contribution in [0.5, 0.6) is 0 Å². The van der Waals surface area contributed by atoms with Crippen molar-refractivity contribution in [2.24, 2.45) is 0 Å². The second-order valence-corrected chi connectivity index (χ2v) is 9.13. The van der Waals surface area contributed by atoms with E-state index in [-0.39, 0.29) is 23.8 Å². The van der Waals surface area contributed by atoms with Crippen LogP contribution in [-0.4, -0.2) is 47.7 Å². The van der Waals surface area contributed by atoms with E-state index in [0.29, 0.717) is 12.2 Å². The second kappa shape index (κ2) is 11.1. The molecule has 180 valence electrons. The summed E-state index contributed by atoms with van der Waals surface area (Å²) in [4.78, 5) is 37.1. The number of aromatic carboxylic acids is 1. The first-order chi connectivity index (χ1) is 17.0. The number of carboxylic acid groups (broad SMARTS) is 1. The molecule has 3 aromatic rings. The molecule has 3 N–H and O–H groups in total. The molecular formula is C27H26N2O5S. The number of hydrogen-bond acceptors (Lipinski definition) is 5. The Labute approximate surface area is 207 Å². The summed E-state index contributed by atoms with van der Waals surface area (Å²) in [5, 5.41) is 14.7. The molecule has 1 aliphatic rings. The van der Waals surface area contributed by atoms with Crippen molar-refractivity contribution in [2.45, 2.75) is 18.4 Å². The third kappa shape index (κ3) is 5.49. The molecule has 0 radical (unpaired) electrons. The number of fused-ring (bicyclic) bond motifs is 3. The predicted molar refractivity (Wildman–Crippen MR) is 137 cm³/mol. The Bertz CT molecular complexity index is 1200. The summed E-state index contributed by atoms with van der Waals surface area (Å²) >= 11 is 1.54. The summed E-state index contributed by atoms with van der Waals surface area (Å²) < 4.78 is 5.58. The highest BCUT2D eigenvalue weighted by atomic mass is 32.2. The summed E-state index contributed by atoms with van der Waals surface area (Å²) in [5.74, 6) is -1.11. The molecule has 1 aliphatic carbocycles. The standard InChI is InChI=1S/C27H26N2O5S/c1-35-15-14-24(25(30)28-23-13-7-6-12-21(23)26(31)32)29-27(33)34-16-22-19-10-4-2-8-17(19)18-9-3-5-11-20(18)22/h2-13,22,24H,14-16H2,1H3,(H,28,30)(H,29,33)(H,31,32)/t24-/m0/s1. The highest BCUT2D eigenvalue weighted by Gasteiger charge is 2.30. The van der Waals surface area contributed by atoms with Gasteiger partial charge in [0, 0.05) is 5.92 Å². The summed E-state index contributed by atoms with van der Waals surface area (Å²) in [6.45, 7) is 0.137. The van der Waals surface area contributed by atoms with E-state index < -0.39 is 24.0 Å². The van der Waals surface area contributed by atoms with E-state index >= 15 is 0 Å². The zero-order chi connectivity index (χ0) is 24.8. The summed E-state index contributed by atoms with van der Waals surface area (Å²) in [6.07, 6.45) is 1.58. The van der Waals surface area contributed by atoms with Gasteiger partial charge in [0.2, 0.25) is 5.91 Å². The highest BCUT2D eigenvalue weighted by Crippen LogP contribution is 2.44. The number of anilines is 1. The lowest BCUT2D eigenvalue weighted by atomic mass is 9.98. The number of nitrogens with one attached hydrogen (secondary N) is 2. The quantitative estimate of drug-likeness (QED) is 0.391. The van der Waals surface area contributed by atoms with Crippen LogP contribution >= 0.6 is 11.8 Å². The molecule has 0 heterocycles. The molecule has 0 aliphatic heterocycles. The van der Waals surface area contributed by atoms with Crippen LogP contribution in [0.1, 0.15) is 33.8 Å². The Hall–Kier alpha value is -3.78. The smallest absolute Gasteiger partial charge is 0.407 e. The van der Waals surface area contributed by atoms with Crippen LogP contribution in [0.4, 0.5) is 10.5 Å². The SMILES string of the molecule is CSCC[C@H](NC(=O)OCC1c2ccccc2-c2ccccc21)C(=O)Nc1ccccc1C(=O)O. The van der Waals surface area contributed by atoms with Crippen molar-refractivity contribution in [1.82, 2.24) is 5.32 Å². The third-order valence-corrected chi connectivity index (χ3v) is 6.62. The zero-order valence-corrected chi connectivity index (χ0v) is 20.0. The molecule has 0 saturated carbocycles. The number of hydrogen-bond donors (Lipinski definition) is 3. The molecular weight excluding hydrogens is 464 g/mol. The van der Waals surface area contributed by atoms with Gasteiger partial charge in [0.05, 0.1) is 11.3 Å². The van der Waals surface area contributed by atoms with Gasteiger partial charge in [-0.3, -0.25) is 4.79 Å². The lowest BCUT2D eigenvalue weighted by Gasteiger charge is -2.20. The Morgan fingerprint density at radius 3 is 2.17 bits per heavy atom. The molecule has 0 fully saturated rings. The van der Waals surface area contributed by atoms with E-state index in [9.17, 15) is 19.5 Å². The summed E-state index contributed by atoms with van der Waals surface area (Å²) in [6, 6.07) is 21.4. The third-order valence-electron chi connectivity index (χ3n) is 5.98. The number of carbonyl (C=O) groups excluding carboxylic acids is 2. The van der Waals surface area contributed by atoms with Gasteiger partial charge < -0.3 is 20.5 Å². The number of ether oxygens (including phenoxy) is 1. The maximum Gasteiger partial charge on any atom is 0.407 e. The molecule has 35 heavy (non-hydrogen) atoms. The van der Waals surface area contributed by atoms with Gasteiger partial charge in [-0.2, -0.15) is 11.8 Å². The first kappa shape index (κ1) is 24.3. The Kier molecular flexibility index (Phi) is 7.72. The molecule has 8 heteroatoms. The number of carbonyl (C=O) groups is 3. The minimum atomic E-state index is -1.15. The molecule has 0 spiro atoms. The van der Waals surface area contributed by atoms with Gasteiger partial charge >= 0.3 is 12.1 Å². The van der Waals surface area contributed by atoms with Crippen LogP contribution in [-0.2, 0) is 9.53 Å². The van der Waals surface area contributed by atoms with Crippen LogP contribution in [0.2, 0.25) is 0 Å². The van der Waals surface area contributed by atoms with Crippen LogP contribution in [0, 0.1) is 0 Å². The normalized spacial score (nSPS) is 12.8. The van der Waals surface area contributed by atoms with E-state index in [0.717, 1.165) is 22.3 Å². The van der Waals surface area contributed by atoms with E-state index in [4.69, 9.17) is 4.74 Å². The number of thioether (sulfide) groups is 1. The number of amides is 2. The van der Waals surface area contributed by atoms with Crippen molar-refractivity contribution in [3.05, 3.63) is 89.5 Å². The van der Waals surface area contributed by atoms with E-state index in [1.807, 2.05) is 42.7 Å². The van der Waals surface area contributed by atoms with Gasteiger partial charge in [-0.05, 0) is 52.8 Å². The second-order valence-electron chi connectivity index (χ2n) is 8.14. The van der Waals surface area contributed by atoms with Crippen molar-refractivity contribution in [3.8, 4) is 11.1 Å². The molecule has 2 amide bonds. The van der Waals surface area contributed by atoms with E-state index in [1.165, 1.54) is 12.1 Å². The fourth-order valence-electron chi connectivity index (χ4n) is 4.29. The lowest BCUT2D eigenvalue weighted by molar-refractivity contribution is -0.118. The zero-order valence-electron chi connectivity index (χ0n) is 19.2. The van der Waals surface area contributed by atoms with Gasteiger partial charge in [-0.15, -0.1) is 0 Å². The Morgan fingerprint density at radius 1 is 0.943 bits per heavy atom. The highest BCUT2D eigenvalue weighted by molar-refractivity contribution is 7.98. The number of rotatable bonds is 9. The first-order valence-electron chi connectivity index (χ1n) is 11.2. The summed E-state index contributed by atoms with van der Waals surface area (Å²) in [5.41, 5.74) is 4.61. The molecule has 0 aromatic heterocycles. The topological polar surface area (TPSA) is 105 Å². The number of alkyl carbamates (subject to hydrolysis) is 1. The maximum atomic E-state index is 12.9. The minimum Gasteiger partial charge on any atom is -0.478 e. The lowest BCUT2D eigenvalue weighted by Crippen LogP contribution is -2.44. The first-order valence-corrected chi connectivity index (χ1v) is 12.6. The van der Waals surface area contributed by atoms with Gasteiger partial charge in [0.1, 0.15) is 12.6 Å². The fourth-order valence-corrected chi connectivity index (χ4v) is 4.76. The van der Waals surface area contributed by atoms with Gasteiger partial charge in [0.15, 0.2) is 0 Å². The Balaban J connectivity index is 1.43. The molecule has 4 rings (SSSR count). The Morgan fingerprint density at radius 2 is 1.54 bits per heavy atom. The molecule has 0 saturated heterocycles. The number of para-hydroxylation sites is 1. The minimum absolute atomic E-state index is 0.0226. The molecule has 3 aromatic carbocycles. The van der Waals surface area contributed by atoms with Gasteiger partial charge in [-0.1, -0.05) is 60.7 Å². The largest absolute Gasteiger partial charge is 0.478 e. The number of carboxylic acids is 1. The van der Waals surface area contributed by atoms with Crippen molar-refractivity contribution < 1.29 is 24.2 Å². The van der Waals surface area contributed by atoms with E-state index in [2.05, 4.69) is 22.8 Å². The van der Waals surface area contributed by atoms with Crippen molar-refractivity contribution in [1.29, 1.82) is 0 Å². The van der Waals surface area contributed by atoms with Crippen molar-refractivity contribution >= 4 is 35.4 Å². The average Bonchev–Trinajstić information content (AvgIpc) is 3.19. The average molecular weight is 491 g/mol. The van der Waals surface area contributed by atoms with E-state index in [1.54, 1.807) is 23.9 Å². The maximum absolute atomic E-state index is 12.9. The van der Waals surface area contributed by atoms with Crippen molar-refractivity contribution in [3.63, 3.8) is 0 Å². The monoisotopic (exact) mass is 490 g/mol. The number of benzene rings is 3. The predicted octanol–water partition coefficient (Wildman–Crippen LogP) is 4.98. The van der Waals surface area contributed by atoms with Gasteiger partial charge in [0.25, 0.3) is 0 Å². The van der Waals surface area contributed by atoms with Crippen LogP contribution in [0.3, 0.4) is 0 Å². The molecule has 7 nitrogen and oxygen atoms in total. The van der Waals surface area contributed by atoms with Crippen molar-refractivity contribution in [2.75, 3.05) is 23.9 Å². The fraction of sp³-hybridized carbons (Fsp3) is 0.222. The summed E-state index contributed by atoms with van der Waals surface area (Å²) in [7, 11) is 0. The van der Waals surface area contributed by atoms with Crippen LogP contribution in [0.25, 0.3) is 11.1 Å².